The highest BCUT2D eigenvalue weighted by molar-refractivity contribution is 7.09. The van der Waals surface area contributed by atoms with E-state index in [2.05, 4.69) is 14.8 Å². The lowest BCUT2D eigenvalue weighted by Crippen LogP contribution is -2.52. The summed E-state index contributed by atoms with van der Waals surface area (Å²) in [6, 6.07) is 1.03. The number of nitrogens with zero attached hydrogens (tertiary/aromatic N) is 3. The van der Waals surface area contributed by atoms with Gasteiger partial charge >= 0.3 is 0 Å². The Kier molecular flexibility index (Phi) is 3.27. The number of hydrogen-bond acceptors (Lipinski definition) is 4. The Hall–Kier alpha value is -0.940. The van der Waals surface area contributed by atoms with Crippen LogP contribution in [-0.2, 0) is 11.3 Å². The highest BCUT2D eigenvalue weighted by Crippen LogP contribution is 2.37. The third-order valence-electron chi connectivity index (χ3n) is 4.97. The van der Waals surface area contributed by atoms with Gasteiger partial charge in [-0.05, 0) is 31.6 Å². The number of piperidine rings is 1. The molecule has 2 saturated heterocycles. The van der Waals surface area contributed by atoms with E-state index in [1.54, 1.807) is 11.3 Å². The summed E-state index contributed by atoms with van der Waals surface area (Å²) < 4.78 is 0. The number of thiazole rings is 1. The van der Waals surface area contributed by atoms with Crippen molar-refractivity contribution in [2.45, 2.75) is 50.7 Å². The second-order valence-corrected chi connectivity index (χ2v) is 7.33. The molecule has 0 aromatic carbocycles. The van der Waals surface area contributed by atoms with Gasteiger partial charge in [-0.25, -0.2) is 4.98 Å². The summed E-state index contributed by atoms with van der Waals surface area (Å²) in [6.07, 6.45) is 7.46. The number of likely N-dealkylation sites (tertiary alicyclic amines) is 2. The first kappa shape index (κ1) is 12.8. The van der Waals surface area contributed by atoms with Gasteiger partial charge in [-0.3, -0.25) is 9.69 Å². The normalized spacial score (nSPS) is 30.8. The lowest BCUT2D eigenvalue weighted by Gasteiger charge is -2.40. The Morgan fingerprint density at radius 3 is 2.90 bits per heavy atom. The zero-order valence-corrected chi connectivity index (χ0v) is 12.5. The van der Waals surface area contributed by atoms with Crippen molar-refractivity contribution in [2.75, 3.05) is 13.1 Å². The third kappa shape index (κ3) is 2.37. The molecule has 108 valence electrons. The van der Waals surface area contributed by atoms with E-state index in [4.69, 9.17) is 0 Å². The largest absolute Gasteiger partial charge is 0.338 e. The van der Waals surface area contributed by atoms with Gasteiger partial charge in [0.05, 0.1) is 6.54 Å². The van der Waals surface area contributed by atoms with Gasteiger partial charge in [0.25, 0.3) is 0 Å². The second kappa shape index (κ2) is 5.11. The minimum absolute atomic E-state index is 0.397. The van der Waals surface area contributed by atoms with Gasteiger partial charge in [0.15, 0.2) is 0 Å². The van der Waals surface area contributed by atoms with Crippen molar-refractivity contribution in [3.8, 4) is 0 Å². The van der Waals surface area contributed by atoms with Gasteiger partial charge < -0.3 is 4.90 Å². The predicted octanol–water partition coefficient (Wildman–Crippen LogP) is 2.12. The van der Waals surface area contributed by atoms with E-state index in [0.29, 0.717) is 18.0 Å². The van der Waals surface area contributed by atoms with Gasteiger partial charge in [0.1, 0.15) is 5.01 Å². The molecule has 1 aliphatic carbocycles. The second-order valence-electron chi connectivity index (χ2n) is 6.35. The standard InChI is InChI=1S/C15H21N3OS/c19-15-4-3-12-13(18(15)9-11-1-2-11)5-7-17(12)10-14-16-6-8-20-14/h6,8,11-13H,1-5,7,9-10H2/t12-,13-/m1/s1. The van der Waals surface area contributed by atoms with Gasteiger partial charge in [-0.15, -0.1) is 11.3 Å². The van der Waals surface area contributed by atoms with Crippen LogP contribution in [0.3, 0.4) is 0 Å². The summed E-state index contributed by atoms with van der Waals surface area (Å²) in [4.78, 5) is 21.4. The predicted molar refractivity (Wildman–Crippen MR) is 78.4 cm³/mol. The molecule has 1 aromatic rings. The van der Waals surface area contributed by atoms with Crippen molar-refractivity contribution < 1.29 is 4.79 Å². The fourth-order valence-corrected chi connectivity index (χ4v) is 4.40. The monoisotopic (exact) mass is 291 g/mol. The van der Waals surface area contributed by atoms with Crippen molar-refractivity contribution in [1.82, 2.24) is 14.8 Å². The van der Waals surface area contributed by atoms with Crippen molar-refractivity contribution in [3.05, 3.63) is 16.6 Å². The molecular weight excluding hydrogens is 270 g/mol. The Labute approximate surface area is 123 Å². The molecule has 3 heterocycles. The maximum Gasteiger partial charge on any atom is 0.222 e. The molecule has 1 saturated carbocycles. The minimum Gasteiger partial charge on any atom is -0.338 e. The van der Waals surface area contributed by atoms with Crippen LogP contribution in [0.5, 0.6) is 0 Å². The molecule has 0 radical (unpaired) electrons. The maximum absolute atomic E-state index is 12.2. The van der Waals surface area contributed by atoms with Crippen molar-refractivity contribution in [1.29, 1.82) is 0 Å². The Morgan fingerprint density at radius 2 is 2.15 bits per heavy atom. The molecule has 4 rings (SSSR count). The highest BCUT2D eigenvalue weighted by Gasteiger charge is 2.44. The fraction of sp³-hybridized carbons (Fsp3) is 0.733. The molecule has 3 aliphatic rings. The summed E-state index contributed by atoms with van der Waals surface area (Å²) in [5.41, 5.74) is 0. The average Bonchev–Trinajstić information content (AvgIpc) is 2.96. The smallest absolute Gasteiger partial charge is 0.222 e. The molecule has 2 aliphatic heterocycles. The van der Waals surface area contributed by atoms with Crippen LogP contribution >= 0.6 is 11.3 Å². The van der Waals surface area contributed by atoms with Crippen molar-refractivity contribution in [3.63, 3.8) is 0 Å². The van der Waals surface area contributed by atoms with Gasteiger partial charge in [-0.2, -0.15) is 0 Å². The molecule has 0 spiro atoms. The average molecular weight is 291 g/mol. The fourth-order valence-electron chi connectivity index (χ4n) is 3.75. The molecule has 0 unspecified atom stereocenters. The topological polar surface area (TPSA) is 36.4 Å². The zero-order valence-electron chi connectivity index (χ0n) is 11.7. The van der Waals surface area contributed by atoms with Crippen molar-refractivity contribution in [2.24, 2.45) is 5.92 Å². The van der Waals surface area contributed by atoms with E-state index >= 15 is 0 Å². The molecule has 1 amide bonds. The van der Waals surface area contributed by atoms with E-state index in [-0.39, 0.29) is 0 Å². The number of fused-ring (bicyclic) bond motifs is 1. The number of rotatable bonds is 4. The molecule has 0 N–H and O–H groups in total. The molecule has 20 heavy (non-hydrogen) atoms. The number of hydrogen-bond donors (Lipinski definition) is 0. The van der Waals surface area contributed by atoms with Crippen LogP contribution in [0.2, 0.25) is 0 Å². The SMILES string of the molecule is O=C1CC[C@@H]2[C@@H](CCN2Cc2nccs2)N1CC1CC1. The highest BCUT2D eigenvalue weighted by atomic mass is 32.1. The summed E-state index contributed by atoms with van der Waals surface area (Å²) in [6.45, 7) is 3.10. The van der Waals surface area contributed by atoms with Crippen LogP contribution in [0.1, 0.15) is 37.1 Å². The first-order valence-corrected chi connectivity index (χ1v) is 8.61. The summed E-state index contributed by atoms with van der Waals surface area (Å²) in [5.74, 6) is 1.19. The van der Waals surface area contributed by atoms with Gasteiger partial charge in [0.2, 0.25) is 5.91 Å². The summed E-state index contributed by atoms with van der Waals surface area (Å²) >= 11 is 1.74. The van der Waals surface area contributed by atoms with Crippen LogP contribution in [0, 0.1) is 5.92 Å². The Morgan fingerprint density at radius 1 is 1.25 bits per heavy atom. The summed E-state index contributed by atoms with van der Waals surface area (Å²) in [7, 11) is 0. The lowest BCUT2D eigenvalue weighted by molar-refractivity contribution is -0.138. The molecule has 5 heteroatoms. The Balaban J connectivity index is 1.46. The molecule has 4 nitrogen and oxygen atoms in total. The van der Waals surface area contributed by atoms with Crippen LogP contribution in [0.4, 0.5) is 0 Å². The zero-order chi connectivity index (χ0) is 13.5. The lowest BCUT2D eigenvalue weighted by atomic mass is 9.96. The van der Waals surface area contributed by atoms with Crippen LogP contribution in [-0.4, -0.2) is 45.9 Å². The number of carbonyl (C=O) groups excluding carboxylic acids is 1. The van der Waals surface area contributed by atoms with Gasteiger partial charge in [-0.1, -0.05) is 0 Å². The number of amides is 1. The first-order valence-electron chi connectivity index (χ1n) is 7.73. The van der Waals surface area contributed by atoms with E-state index in [1.807, 2.05) is 11.6 Å². The van der Waals surface area contributed by atoms with E-state index < -0.39 is 0 Å². The van der Waals surface area contributed by atoms with Crippen LogP contribution < -0.4 is 0 Å². The van der Waals surface area contributed by atoms with E-state index in [9.17, 15) is 4.79 Å². The van der Waals surface area contributed by atoms with Crippen LogP contribution in [0.25, 0.3) is 0 Å². The first-order chi connectivity index (χ1) is 9.81. The van der Waals surface area contributed by atoms with Gasteiger partial charge in [0, 0.05) is 43.2 Å². The number of carbonyl (C=O) groups is 1. The Bertz CT molecular complexity index is 485. The van der Waals surface area contributed by atoms with Crippen LogP contribution in [0.15, 0.2) is 11.6 Å². The molecule has 0 bridgehead atoms. The number of aromatic nitrogens is 1. The molecule has 3 fully saturated rings. The molecular formula is C15H21N3OS. The maximum atomic E-state index is 12.2. The van der Waals surface area contributed by atoms with E-state index in [1.165, 1.54) is 17.8 Å². The third-order valence-corrected chi connectivity index (χ3v) is 5.74. The summed E-state index contributed by atoms with van der Waals surface area (Å²) in [5, 5.41) is 3.25. The van der Waals surface area contributed by atoms with E-state index in [0.717, 1.165) is 44.8 Å². The minimum atomic E-state index is 0.397. The molecule has 1 aromatic heterocycles. The van der Waals surface area contributed by atoms with Crippen molar-refractivity contribution >= 4 is 17.2 Å². The quantitative estimate of drug-likeness (QED) is 0.852. The molecule has 2 atom stereocenters.